The van der Waals surface area contributed by atoms with Crippen LogP contribution in [-0.4, -0.2) is 23.3 Å². The van der Waals surface area contributed by atoms with Gasteiger partial charge in [0.1, 0.15) is 5.75 Å². The Morgan fingerprint density at radius 2 is 2.00 bits per heavy atom. The molecule has 2 N–H and O–H groups in total. The molecule has 0 aliphatic rings. The first-order valence-corrected chi connectivity index (χ1v) is 10.4. The number of hydrogen-bond donors (Lipinski definition) is 2. The zero-order valence-electron chi connectivity index (χ0n) is 15.4. The van der Waals surface area contributed by atoms with Crippen LogP contribution < -0.4 is 5.32 Å². The summed E-state index contributed by atoms with van der Waals surface area (Å²) >= 11 is 13.7. The number of phenols is 1. The van der Waals surface area contributed by atoms with Gasteiger partial charge in [0, 0.05) is 22.9 Å². The van der Waals surface area contributed by atoms with E-state index in [1.54, 1.807) is 12.1 Å². The van der Waals surface area contributed by atoms with Crippen molar-refractivity contribution in [3.8, 4) is 5.75 Å². The minimum atomic E-state index is -0.576. The number of aromatic hydroxyl groups is 1. The maximum atomic E-state index is 14.7. The number of phenolic OH excluding ortho intramolecular Hbond substituents is 1. The molecule has 0 fully saturated rings. The lowest BCUT2D eigenvalue weighted by molar-refractivity contribution is -0.118. The summed E-state index contributed by atoms with van der Waals surface area (Å²) in [5.74, 6) is -0.279. The average Bonchev–Trinajstić information content (AvgIpc) is 2.62. The van der Waals surface area contributed by atoms with E-state index in [2.05, 4.69) is 5.32 Å². The lowest BCUT2D eigenvalue weighted by Crippen LogP contribution is -2.24. The molecule has 0 saturated carbocycles. The van der Waals surface area contributed by atoms with Gasteiger partial charge in [-0.25, -0.2) is 4.39 Å². The maximum absolute atomic E-state index is 14.7. The zero-order chi connectivity index (χ0) is 20.1. The Morgan fingerprint density at radius 1 is 1.30 bits per heavy atom. The molecule has 0 aliphatic carbocycles. The molecule has 3 nitrogen and oxygen atoms in total. The van der Waals surface area contributed by atoms with E-state index in [4.69, 9.17) is 23.2 Å². The lowest BCUT2D eigenvalue weighted by Gasteiger charge is -2.14. The minimum Gasteiger partial charge on any atom is -0.508 e. The Balaban J connectivity index is 2.27. The van der Waals surface area contributed by atoms with Crippen LogP contribution >= 0.6 is 35.0 Å². The van der Waals surface area contributed by atoms with Crippen LogP contribution in [0.3, 0.4) is 0 Å². The van der Waals surface area contributed by atoms with Crippen LogP contribution in [0.15, 0.2) is 29.2 Å². The van der Waals surface area contributed by atoms with Crippen molar-refractivity contribution >= 4 is 40.9 Å². The highest BCUT2D eigenvalue weighted by Crippen LogP contribution is 2.37. The molecule has 0 saturated heterocycles. The Morgan fingerprint density at radius 3 is 2.63 bits per heavy atom. The molecule has 0 radical (unpaired) electrons. The van der Waals surface area contributed by atoms with Crippen molar-refractivity contribution in [2.24, 2.45) is 0 Å². The number of rotatable bonds is 7. The number of thioether (sulfide) groups is 1. The highest BCUT2D eigenvalue weighted by atomic mass is 35.5. The summed E-state index contributed by atoms with van der Waals surface area (Å²) in [7, 11) is 0. The van der Waals surface area contributed by atoms with Crippen LogP contribution in [-0.2, 0) is 11.2 Å². The normalized spacial score (nSPS) is 11.1. The summed E-state index contributed by atoms with van der Waals surface area (Å²) in [5, 5.41) is 12.9. The Bertz CT molecular complexity index is 843. The maximum Gasteiger partial charge on any atom is 0.230 e. The Hall–Kier alpha value is -1.43. The van der Waals surface area contributed by atoms with Crippen molar-refractivity contribution in [3.05, 3.63) is 56.8 Å². The summed E-state index contributed by atoms with van der Waals surface area (Å²) in [6.07, 6.45) is 0.343. The van der Waals surface area contributed by atoms with Crippen LogP contribution in [0.25, 0.3) is 0 Å². The summed E-state index contributed by atoms with van der Waals surface area (Å²) < 4.78 is 14.7. The van der Waals surface area contributed by atoms with E-state index in [0.717, 1.165) is 22.9 Å². The molecule has 0 aromatic heterocycles. The summed E-state index contributed by atoms with van der Waals surface area (Å²) in [5.41, 5.74) is 2.18. The first-order chi connectivity index (χ1) is 12.7. The van der Waals surface area contributed by atoms with E-state index >= 15 is 0 Å². The van der Waals surface area contributed by atoms with E-state index in [-0.39, 0.29) is 33.2 Å². The number of nitrogens with one attached hydrogen (secondary N) is 1. The van der Waals surface area contributed by atoms with Crippen molar-refractivity contribution in [1.82, 2.24) is 5.32 Å². The third kappa shape index (κ3) is 5.53. The van der Waals surface area contributed by atoms with Gasteiger partial charge in [0.05, 0.1) is 10.8 Å². The second kappa shape index (κ2) is 9.67. The highest BCUT2D eigenvalue weighted by molar-refractivity contribution is 8.00. The average molecular weight is 430 g/mol. The fourth-order valence-electron chi connectivity index (χ4n) is 2.65. The Kier molecular flexibility index (Phi) is 7.83. The molecule has 2 aromatic carbocycles. The molecular formula is C20H22Cl2FNO2S. The smallest absolute Gasteiger partial charge is 0.230 e. The lowest BCUT2D eigenvalue weighted by atomic mass is 9.96. The fraction of sp³-hybridized carbons (Fsp3) is 0.350. The largest absolute Gasteiger partial charge is 0.508 e. The number of halogens is 3. The molecule has 7 heteroatoms. The fourth-order valence-corrected chi connectivity index (χ4v) is 4.18. The van der Waals surface area contributed by atoms with Gasteiger partial charge in [0.2, 0.25) is 5.91 Å². The first kappa shape index (κ1) is 21.9. The third-order valence-electron chi connectivity index (χ3n) is 4.05. The van der Waals surface area contributed by atoms with Crippen molar-refractivity contribution in [3.63, 3.8) is 0 Å². The molecule has 0 aliphatic heterocycles. The minimum absolute atomic E-state index is 0.0416. The van der Waals surface area contributed by atoms with Crippen LogP contribution in [0.4, 0.5) is 4.39 Å². The molecule has 0 spiro atoms. The molecule has 0 atom stereocenters. The summed E-state index contributed by atoms with van der Waals surface area (Å²) in [6.45, 7) is 6.31. The molecule has 146 valence electrons. The molecule has 0 unspecified atom stereocenters. The predicted octanol–water partition coefficient (Wildman–Crippen LogP) is 5.78. The molecule has 0 heterocycles. The van der Waals surface area contributed by atoms with E-state index in [0.29, 0.717) is 23.6 Å². The predicted molar refractivity (Wildman–Crippen MR) is 111 cm³/mol. The Labute approximate surface area is 173 Å². The number of benzene rings is 2. The summed E-state index contributed by atoms with van der Waals surface area (Å²) in [4.78, 5) is 11.8. The first-order valence-electron chi connectivity index (χ1n) is 8.62. The molecule has 2 aromatic rings. The van der Waals surface area contributed by atoms with Crippen LogP contribution in [0, 0.1) is 5.82 Å². The van der Waals surface area contributed by atoms with Crippen molar-refractivity contribution in [1.29, 1.82) is 0 Å². The zero-order valence-corrected chi connectivity index (χ0v) is 17.7. The molecular weight excluding hydrogens is 408 g/mol. The van der Waals surface area contributed by atoms with Crippen molar-refractivity contribution < 1.29 is 14.3 Å². The monoisotopic (exact) mass is 429 g/mol. The van der Waals surface area contributed by atoms with Crippen LogP contribution in [0.2, 0.25) is 10.0 Å². The van der Waals surface area contributed by atoms with E-state index < -0.39 is 5.82 Å². The van der Waals surface area contributed by atoms with Gasteiger partial charge in [-0.15, -0.1) is 11.8 Å². The van der Waals surface area contributed by atoms with E-state index in [9.17, 15) is 14.3 Å². The van der Waals surface area contributed by atoms with Gasteiger partial charge in [0.25, 0.3) is 0 Å². The van der Waals surface area contributed by atoms with Gasteiger partial charge >= 0.3 is 0 Å². The highest BCUT2D eigenvalue weighted by Gasteiger charge is 2.18. The second-order valence-electron chi connectivity index (χ2n) is 6.43. The number of hydrogen-bond acceptors (Lipinski definition) is 3. The number of amides is 1. The quantitative estimate of drug-likeness (QED) is 0.433. The molecule has 2 rings (SSSR count). The van der Waals surface area contributed by atoms with Crippen LogP contribution in [0.1, 0.15) is 43.4 Å². The number of carbonyl (C=O) groups excluding carboxylic acids is 1. The topological polar surface area (TPSA) is 49.3 Å². The van der Waals surface area contributed by atoms with E-state index in [1.165, 1.54) is 6.07 Å². The van der Waals surface area contributed by atoms with Crippen molar-refractivity contribution in [2.45, 2.75) is 38.0 Å². The van der Waals surface area contributed by atoms with Crippen LogP contribution in [0.5, 0.6) is 5.75 Å². The molecule has 0 bridgehead atoms. The van der Waals surface area contributed by atoms with Crippen molar-refractivity contribution in [2.75, 3.05) is 12.3 Å². The van der Waals surface area contributed by atoms with Gasteiger partial charge in [-0.1, -0.05) is 49.2 Å². The van der Waals surface area contributed by atoms with E-state index in [1.807, 2.05) is 26.8 Å². The van der Waals surface area contributed by atoms with Gasteiger partial charge < -0.3 is 10.4 Å². The molecule has 27 heavy (non-hydrogen) atoms. The van der Waals surface area contributed by atoms with Gasteiger partial charge in [-0.2, -0.15) is 0 Å². The SMILES string of the molecule is CCNC(=O)CSc1cc(Cl)c(Cc2ccc(O)c(C(C)C)c2)c(Cl)c1F. The van der Waals surface area contributed by atoms with Gasteiger partial charge in [-0.3, -0.25) is 4.79 Å². The standard InChI is InChI=1S/C20H22Cl2FNO2S/c1-4-24-18(26)10-27-17-9-15(21)14(19(22)20(17)23)8-12-5-6-16(25)13(7-12)11(2)3/h5-7,9,11,25H,4,8,10H2,1-3H3,(H,24,26). The van der Waals surface area contributed by atoms with Gasteiger partial charge in [-0.05, 0) is 41.7 Å². The third-order valence-corrected chi connectivity index (χ3v) is 5.79. The number of carbonyl (C=O) groups is 1. The molecule has 1 amide bonds. The second-order valence-corrected chi connectivity index (χ2v) is 8.23. The summed E-state index contributed by atoms with van der Waals surface area (Å²) in [6, 6.07) is 6.77. The van der Waals surface area contributed by atoms with Gasteiger partial charge in [0.15, 0.2) is 5.82 Å².